The van der Waals surface area contributed by atoms with E-state index in [-0.39, 0.29) is 5.56 Å². The number of rotatable bonds is 2. The van der Waals surface area contributed by atoms with Gasteiger partial charge in [-0.2, -0.15) is 0 Å². The predicted molar refractivity (Wildman–Crippen MR) is 68.3 cm³/mol. The molecule has 0 aromatic heterocycles. The van der Waals surface area contributed by atoms with Gasteiger partial charge < -0.3 is 5.73 Å². The first-order valence-electron chi connectivity index (χ1n) is 5.88. The molecule has 2 aromatic rings. The normalized spacial score (nSPS) is 12.5. The van der Waals surface area contributed by atoms with Crippen molar-refractivity contribution in [1.82, 2.24) is 0 Å². The molecule has 0 aliphatic heterocycles. The summed E-state index contributed by atoms with van der Waals surface area (Å²) in [6.07, 6.45) is 0. The molecule has 0 radical (unpaired) electrons. The van der Waals surface area contributed by atoms with E-state index in [1.165, 1.54) is 30.3 Å². The van der Waals surface area contributed by atoms with Crippen LogP contribution in [0.1, 0.15) is 28.3 Å². The van der Waals surface area contributed by atoms with Gasteiger partial charge in [0, 0.05) is 5.56 Å². The van der Waals surface area contributed by atoms with E-state index >= 15 is 0 Å². The molecule has 100 valence electrons. The summed E-state index contributed by atoms with van der Waals surface area (Å²) in [5.74, 6) is -1.76. The molecule has 19 heavy (non-hydrogen) atoms. The van der Waals surface area contributed by atoms with Crippen LogP contribution in [0.2, 0.25) is 0 Å². The van der Waals surface area contributed by atoms with E-state index < -0.39 is 23.5 Å². The van der Waals surface area contributed by atoms with E-state index in [9.17, 15) is 13.2 Å². The summed E-state index contributed by atoms with van der Waals surface area (Å²) in [4.78, 5) is 0. The minimum Gasteiger partial charge on any atom is -0.320 e. The van der Waals surface area contributed by atoms with Gasteiger partial charge in [-0.25, -0.2) is 13.2 Å². The molecule has 0 amide bonds. The lowest BCUT2D eigenvalue weighted by atomic mass is 9.94. The second-order valence-electron chi connectivity index (χ2n) is 4.57. The van der Waals surface area contributed by atoms with E-state index in [4.69, 9.17) is 5.73 Å². The number of aryl methyl sites for hydroxylation is 2. The fourth-order valence-electron chi connectivity index (χ4n) is 2.11. The molecule has 0 aliphatic rings. The summed E-state index contributed by atoms with van der Waals surface area (Å²) in [6, 6.07) is 5.57. The van der Waals surface area contributed by atoms with Crippen molar-refractivity contribution in [1.29, 1.82) is 0 Å². The SMILES string of the molecule is Cc1cc(F)ccc1C(N)c1c(F)ccc(C)c1F. The minimum atomic E-state index is -0.958. The molecule has 0 spiro atoms. The van der Waals surface area contributed by atoms with Crippen molar-refractivity contribution in [3.05, 3.63) is 70.0 Å². The van der Waals surface area contributed by atoms with Crippen molar-refractivity contribution in [3.63, 3.8) is 0 Å². The van der Waals surface area contributed by atoms with Gasteiger partial charge in [-0.3, -0.25) is 0 Å². The van der Waals surface area contributed by atoms with Crippen LogP contribution in [0.4, 0.5) is 13.2 Å². The molecule has 1 atom stereocenters. The average molecular weight is 265 g/mol. The monoisotopic (exact) mass is 265 g/mol. The maximum Gasteiger partial charge on any atom is 0.134 e. The number of benzene rings is 2. The van der Waals surface area contributed by atoms with Gasteiger partial charge in [0.25, 0.3) is 0 Å². The Labute approximate surface area is 109 Å². The predicted octanol–water partition coefficient (Wildman–Crippen LogP) is 3.77. The van der Waals surface area contributed by atoms with Crippen LogP contribution >= 0.6 is 0 Å². The molecule has 0 bridgehead atoms. The van der Waals surface area contributed by atoms with Crippen LogP contribution in [-0.2, 0) is 0 Å². The third-order valence-corrected chi connectivity index (χ3v) is 3.20. The van der Waals surface area contributed by atoms with E-state index in [1.54, 1.807) is 13.8 Å². The molecule has 2 N–H and O–H groups in total. The zero-order chi connectivity index (χ0) is 14.2. The molecule has 1 unspecified atom stereocenters. The molecule has 0 saturated heterocycles. The van der Waals surface area contributed by atoms with E-state index in [0.29, 0.717) is 16.7 Å². The Balaban J connectivity index is 2.56. The van der Waals surface area contributed by atoms with Gasteiger partial charge in [0.05, 0.1) is 6.04 Å². The molecule has 0 saturated carbocycles. The lowest BCUT2D eigenvalue weighted by Crippen LogP contribution is -2.17. The molecule has 0 fully saturated rings. The zero-order valence-electron chi connectivity index (χ0n) is 10.7. The van der Waals surface area contributed by atoms with Crippen molar-refractivity contribution in [2.45, 2.75) is 19.9 Å². The van der Waals surface area contributed by atoms with Gasteiger partial charge in [0.2, 0.25) is 0 Å². The molecule has 1 nitrogen and oxygen atoms in total. The Bertz CT molecular complexity index is 623. The summed E-state index contributed by atoms with van der Waals surface area (Å²) >= 11 is 0. The smallest absolute Gasteiger partial charge is 0.134 e. The van der Waals surface area contributed by atoms with Gasteiger partial charge in [-0.1, -0.05) is 12.1 Å². The standard InChI is InChI=1S/C15H14F3N/c1-8-3-6-12(17)13(14(8)18)15(19)11-5-4-10(16)7-9(11)2/h3-7,15H,19H2,1-2H3. The van der Waals surface area contributed by atoms with Crippen LogP contribution in [0.15, 0.2) is 30.3 Å². The van der Waals surface area contributed by atoms with Gasteiger partial charge >= 0.3 is 0 Å². The van der Waals surface area contributed by atoms with Gasteiger partial charge in [0.1, 0.15) is 17.5 Å². The molecule has 2 aromatic carbocycles. The van der Waals surface area contributed by atoms with Crippen LogP contribution in [0, 0.1) is 31.3 Å². The van der Waals surface area contributed by atoms with Gasteiger partial charge in [0.15, 0.2) is 0 Å². The maximum absolute atomic E-state index is 14.0. The van der Waals surface area contributed by atoms with Crippen molar-refractivity contribution in [2.75, 3.05) is 0 Å². The lowest BCUT2D eigenvalue weighted by molar-refractivity contribution is 0.537. The highest BCUT2D eigenvalue weighted by Crippen LogP contribution is 2.28. The largest absolute Gasteiger partial charge is 0.320 e. The molecule has 0 aliphatic carbocycles. The fourth-order valence-corrected chi connectivity index (χ4v) is 2.11. The van der Waals surface area contributed by atoms with Crippen molar-refractivity contribution in [3.8, 4) is 0 Å². The first-order valence-corrected chi connectivity index (χ1v) is 5.88. The first-order chi connectivity index (χ1) is 8.91. The van der Waals surface area contributed by atoms with E-state index in [1.807, 2.05) is 0 Å². The number of hydrogen-bond acceptors (Lipinski definition) is 1. The molecular formula is C15H14F3N. The van der Waals surface area contributed by atoms with Crippen LogP contribution < -0.4 is 5.73 Å². The third kappa shape index (κ3) is 2.49. The van der Waals surface area contributed by atoms with Crippen LogP contribution in [0.3, 0.4) is 0 Å². The summed E-state index contributed by atoms with van der Waals surface area (Å²) in [6.45, 7) is 3.20. The molecule has 2 rings (SSSR count). The summed E-state index contributed by atoms with van der Waals surface area (Å²) in [7, 11) is 0. The van der Waals surface area contributed by atoms with Crippen molar-refractivity contribution in [2.24, 2.45) is 5.73 Å². The van der Waals surface area contributed by atoms with Crippen molar-refractivity contribution >= 4 is 0 Å². The number of nitrogens with two attached hydrogens (primary N) is 1. The quantitative estimate of drug-likeness (QED) is 0.878. The van der Waals surface area contributed by atoms with Crippen molar-refractivity contribution < 1.29 is 13.2 Å². The van der Waals surface area contributed by atoms with E-state index in [2.05, 4.69) is 0 Å². The Morgan fingerprint density at radius 2 is 1.63 bits per heavy atom. The number of halogens is 3. The molecule has 0 heterocycles. The maximum atomic E-state index is 14.0. The fraction of sp³-hybridized carbons (Fsp3) is 0.200. The zero-order valence-corrected chi connectivity index (χ0v) is 10.7. The Kier molecular flexibility index (Phi) is 3.62. The third-order valence-electron chi connectivity index (χ3n) is 3.20. The second-order valence-corrected chi connectivity index (χ2v) is 4.57. The summed E-state index contributed by atoms with van der Waals surface area (Å²) in [5.41, 5.74) is 7.14. The highest BCUT2D eigenvalue weighted by Gasteiger charge is 2.21. The molecular weight excluding hydrogens is 251 g/mol. The van der Waals surface area contributed by atoms with E-state index in [0.717, 1.165) is 0 Å². The lowest BCUT2D eigenvalue weighted by Gasteiger charge is -2.17. The van der Waals surface area contributed by atoms with Crippen LogP contribution in [0.25, 0.3) is 0 Å². The summed E-state index contributed by atoms with van der Waals surface area (Å²) < 4.78 is 40.8. The van der Waals surface area contributed by atoms with Gasteiger partial charge in [-0.15, -0.1) is 0 Å². The number of hydrogen-bond donors (Lipinski definition) is 1. The molecule has 4 heteroatoms. The topological polar surface area (TPSA) is 26.0 Å². The minimum absolute atomic E-state index is 0.185. The second kappa shape index (κ2) is 5.05. The summed E-state index contributed by atoms with van der Waals surface area (Å²) in [5, 5.41) is 0. The van der Waals surface area contributed by atoms with Gasteiger partial charge in [-0.05, 0) is 48.7 Å². The Morgan fingerprint density at radius 3 is 2.26 bits per heavy atom. The first kappa shape index (κ1) is 13.6. The van der Waals surface area contributed by atoms with Crippen LogP contribution in [-0.4, -0.2) is 0 Å². The highest BCUT2D eigenvalue weighted by molar-refractivity contribution is 5.39. The van der Waals surface area contributed by atoms with Crippen LogP contribution in [0.5, 0.6) is 0 Å². The Hall–Kier alpha value is -1.81. The Morgan fingerprint density at radius 1 is 0.947 bits per heavy atom. The average Bonchev–Trinajstić information content (AvgIpc) is 2.34. The highest BCUT2D eigenvalue weighted by atomic mass is 19.1.